The second-order valence-electron chi connectivity index (χ2n) is 10.8. The maximum atomic E-state index is 13.3. The fourth-order valence-electron chi connectivity index (χ4n) is 4.41. The Hall–Kier alpha value is -4.49. The average molecular weight is 603 g/mol. The molecule has 3 atom stereocenters. The molecule has 14 nitrogen and oxygen atoms in total. The lowest BCUT2D eigenvalue weighted by atomic mass is 10.0. The lowest BCUT2D eigenvalue weighted by molar-refractivity contribution is -0.142. The van der Waals surface area contributed by atoms with Crippen LogP contribution in [0.15, 0.2) is 24.3 Å². The van der Waals surface area contributed by atoms with Gasteiger partial charge in [-0.25, -0.2) is 4.79 Å². The van der Waals surface area contributed by atoms with Gasteiger partial charge >= 0.3 is 12.0 Å². The monoisotopic (exact) mass is 602 g/mol. The fourth-order valence-corrected chi connectivity index (χ4v) is 4.41. The number of hydrogen-bond acceptors (Lipinski definition) is 8. The van der Waals surface area contributed by atoms with E-state index < -0.39 is 41.8 Å². The molecule has 2 rings (SSSR count). The zero-order chi connectivity index (χ0) is 32.1. The Bertz CT molecular complexity index is 1190. The van der Waals surface area contributed by atoms with Crippen LogP contribution in [0.25, 0.3) is 0 Å². The number of rotatable bonds is 16. The highest BCUT2D eigenvalue weighted by atomic mass is 16.5. The van der Waals surface area contributed by atoms with Gasteiger partial charge in [-0.1, -0.05) is 32.9 Å². The summed E-state index contributed by atoms with van der Waals surface area (Å²) in [6.45, 7) is 6.88. The zero-order valence-corrected chi connectivity index (χ0v) is 25.1. The van der Waals surface area contributed by atoms with Crippen LogP contribution < -0.4 is 27.0 Å². The number of nitrogens with zero attached hydrogens (tertiary/aromatic N) is 1. The van der Waals surface area contributed by atoms with E-state index in [1.54, 1.807) is 45.0 Å². The molecule has 14 heteroatoms. The van der Waals surface area contributed by atoms with E-state index in [0.717, 1.165) is 10.5 Å². The topological polar surface area (TPSA) is 206 Å². The molecule has 6 N–H and O–H groups in total. The van der Waals surface area contributed by atoms with Gasteiger partial charge in [0.05, 0.1) is 0 Å². The highest BCUT2D eigenvalue weighted by molar-refractivity contribution is 6.03. The molecule has 1 aromatic carbocycles. The smallest absolute Gasteiger partial charge is 0.312 e. The van der Waals surface area contributed by atoms with Gasteiger partial charge in [-0.3, -0.25) is 33.7 Å². The number of nitrogens with one attached hydrogen (secondary N) is 4. The first-order valence-corrected chi connectivity index (χ1v) is 14.3. The first-order valence-electron chi connectivity index (χ1n) is 14.3. The number of ether oxygens (including phenoxy) is 1. The zero-order valence-electron chi connectivity index (χ0n) is 25.1. The van der Waals surface area contributed by atoms with Gasteiger partial charge in [-0.15, -0.1) is 0 Å². The third kappa shape index (κ3) is 11.7. The number of hydrogen-bond donors (Lipinski definition) is 5. The maximum absolute atomic E-state index is 13.3. The molecule has 43 heavy (non-hydrogen) atoms. The third-order valence-electron chi connectivity index (χ3n) is 6.79. The Morgan fingerprint density at radius 2 is 1.70 bits per heavy atom. The van der Waals surface area contributed by atoms with Crippen molar-refractivity contribution in [2.24, 2.45) is 17.6 Å². The molecule has 1 aromatic rings. The molecule has 0 radical (unpaired) electrons. The summed E-state index contributed by atoms with van der Waals surface area (Å²) in [5.74, 6) is -3.12. The van der Waals surface area contributed by atoms with Gasteiger partial charge in [0.2, 0.25) is 29.5 Å². The molecule has 1 aliphatic heterocycles. The summed E-state index contributed by atoms with van der Waals surface area (Å²) in [5, 5.41) is 10.6. The molecule has 7 amide bonds. The van der Waals surface area contributed by atoms with Crippen LogP contribution in [-0.4, -0.2) is 71.6 Å². The van der Waals surface area contributed by atoms with E-state index >= 15 is 0 Å². The van der Waals surface area contributed by atoms with Crippen molar-refractivity contribution in [1.29, 1.82) is 0 Å². The molecule has 1 fully saturated rings. The Labute approximate surface area is 250 Å². The average Bonchev–Trinajstić information content (AvgIpc) is 3.18. The quantitative estimate of drug-likeness (QED) is 0.104. The van der Waals surface area contributed by atoms with Gasteiger partial charge in [-0.2, -0.15) is 0 Å². The summed E-state index contributed by atoms with van der Waals surface area (Å²) in [7, 11) is 0. The van der Waals surface area contributed by atoms with E-state index in [4.69, 9.17) is 10.5 Å². The van der Waals surface area contributed by atoms with Crippen molar-refractivity contribution in [3.63, 3.8) is 0 Å². The van der Waals surface area contributed by atoms with Crippen molar-refractivity contribution >= 4 is 47.2 Å². The van der Waals surface area contributed by atoms with E-state index in [0.29, 0.717) is 12.1 Å². The van der Waals surface area contributed by atoms with Crippen molar-refractivity contribution in [3.8, 4) is 0 Å². The van der Waals surface area contributed by atoms with Crippen LogP contribution in [-0.2, 0) is 40.1 Å². The highest BCUT2D eigenvalue weighted by Crippen LogP contribution is 2.19. The highest BCUT2D eigenvalue weighted by Gasteiger charge is 2.35. The summed E-state index contributed by atoms with van der Waals surface area (Å²) in [6.07, 6.45) is 0.902. The third-order valence-corrected chi connectivity index (χ3v) is 6.79. The minimum atomic E-state index is -1.00. The Morgan fingerprint density at radius 1 is 1.02 bits per heavy atom. The number of benzene rings is 1. The number of imide groups is 1. The number of carbonyl (C=O) groups is 7. The second kappa shape index (κ2) is 16.8. The van der Waals surface area contributed by atoms with E-state index in [-0.39, 0.29) is 69.0 Å². The Morgan fingerprint density at radius 3 is 2.26 bits per heavy atom. The van der Waals surface area contributed by atoms with E-state index in [1.807, 2.05) is 0 Å². The molecule has 236 valence electrons. The molecule has 0 spiro atoms. The van der Waals surface area contributed by atoms with Crippen molar-refractivity contribution in [3.05, 3.63) is 29.8 Å². The normalized spacial score (nSPS) is 15.9. The predicted molar refractivity (Wildman–Crippen MR) is 156 cm³/mol. The molecule has 0 aromatic heterocycles. The first-order chi connectivity index (χ1) is 20.3. The van der Waals surface area contributed by atoms with Gasteiger partial charge in [0, 0.05) is 44.5 Å². The molecule has 0 aliphatic carbocycles. The SMILES string of the molecule is CC(=O)OCc1ccc(NC(=O)[C@H](CCCNC(N)=O)NC(=O)[C@@H](NC(=O)CCCN2C(=O)CC(C)C2=O)C(C)C)cc1. The largest absolute Gasteiger partial charge is 0.461 e. The first kappa shape index (κ1) is 34.7. The summed E-state index contributed by atoms with van der Waals surface area (Å²) < 4.78 is 4.96. The molecule has 0 saturated carbocycles. The predicted octanol–water partition coefficient (Wildman–Crippen LogP) is 0.938. The van der Waals surface area contributed by atoms with Crippen LogP contribution in [0.3, 0.4) is 0 Å². The Balaban J connectivity index is 2.01. The number of esters is 1. The Kier molecular flexibility index (Phi) is 13.6. The maximum Gasteiger partial charge on any atom is 0.312 e. The number of likely N-dealkylation sites (tertiary alicyclic amines) is 1. The minimum Gasteiger partial charge on any atom is -0.461 e. The van der Waals surface area contributed by atoms with E-state index in [2.05, 4.69) is 21.3 Å². The van der Waals surface area contributed by atoms with Crippen LogP contribution >= 0.6 is 0 Å². The number of urea groups is 1. The van der Waals surface area contributed by atoms with Crippen molar-refractivity contribution in [1.82, 2.24) is 20.9 Å². The van der Waals surface area contributed by atoms with Gasteiger partial charge < -0.3 is 31.7 Å². The second-order valence-corrected chi connectivity index (χ2v) is 10.8. The lowest BCUT2D eigenvalue weighted by Crippen LogP contribution is -2.54. The number of anilines is 1. The standard InChI is InChI=1S/C29H42N6O8/c1-17(2)25(34-23(37)8-6-14-35-24(38)15-18(3)28(35)41)27(40)33-22(7-5-13-31-29(30)42)26(39)32-21-11-9-20(10-12-21)16-43-19(4)36/h9-12,17-18,22,25H,5-8,13-16H2,1-4H3,(H,32,39)(H,33,40)(H,34,37)(H3,30,31,42)/t18?,22-,25-/m0/s1. The van der Waals surface area contributed by atoms with Gasteiger partial charge in [0.15, 0.2) is 0 Å². The molecular formula is C29H42N6O8. The van der Waals surface area contributed by atoms with Crippen molar-refractivity contribution < 1.29 is 38.3 Å². The number of nitrogens with two attached hydrogens (primary N) is 1. The van der Waals surface area contributed by atoms with Crippen LogP contribution in [0.5, 0.6) is 0 Å². The minimum absolute atomic E-state index is 0.00189. The number of primary amides is 1. The fraction of sp³-hybridized carbons (Fsp3) is 0.552. The summed E-state index contributed by atoms with van der Waals surface area (Å²) in [6, 6.07) is 3.95. The van der Waals surface area contributed by atoms with Gasteiger partial charge in [-0.05, 0) is 42.9 Å². The molecule has 1 unspecified atom stereocenters. The van der Waals surface area contributed by atoms with Gasteiger partial charge in [0.25, 0.3) is 0 Å². The lowest BCUT2D eigenvalue weighted by Gasteiger charge is -2.25. The van der Waals surface area contributed by atoms with Crippen LogP contribution in [0.4, 0.5) is 10.5 Å². The van der Waals surface area contributed by atoms with Crippen molar-refractivity contribution in [2.45, 2.75) is 78.5 Å². The van der Waals surface area contributed by atoms with E-state index in [1.165, 1.54) is 6.92 Å². The number of amides is 7. The van der Waals surface area contributed by atoms with Crippen LogP contribution in [0, 0.1) is 11.8 Å². The molecule has 1 heterocycles. The summed E-state index contributed by atoms with van der Waals surface area (Å²) in [4.78, 5) is 86.4. The van der Waals surface area contributed by atoms with Crippen LogP contribution in [0.1, 0.15) is 65.4 Å². The molecular weight excluding hydrogens is 560 g/mol. The molecule has 0 bridgehead atoms. The summed E-state index contributed by atoms with van der Waals surface area (Å²) in [5.41, 5.74) is 6.28. The molecule has 1 aliphatic rings. The summed E-state index contributed by atoms with van der Waals surface area (Å²) >= 11 is 0. The number of carbonyl (C=O) groups excluding carboxylic acids is 7. The van der Waals surface area contributed by atoms with Gasteiger partial charge in [0.1, 0.15) is 18.7 Å². The molecule has 1 saturated heterocycles. The van der Waals surface area contributed by atoms with Crippen molar-refractivity contribution in [2.75, 3.05) is 18.4 Å². The van der Waals surface area contributed by atoms with E-state index in [9.17, 15) is 33.6 Å². The van der Waals surface area contributed by atoms with Crippen LogP contribution in [0.2, 0.25) is 0 Å².